The number of carbonyl (C=O) groups excluding carboxylic acids is 1. The third kappa shape index (κ3) is 5.00. The Hall–Kier alpha value is -3.02. The van der Waals surface area contributed by atoms with Crippen molar-refractivity contribution in [2.24, 2.45) is 0 Å². The maximum atomic E-state index is 12.4. The fraction of sp³-hybridized carbons (Fsp3) is 0.333. The zero-order valence-corrected chi connectivity index (χ0v) is 15.9. The Morgan fingerprint density at radius 3 is 2.48 bits per heavy atom. The highest BCUT2D eigenvalue weighted by Crippen LogP contribution is 2.17. The van der Waals surface area contributed by atoms with Gasteiger partial charge in [-0.3, -0.25) is 9.78 Å². The summed E-state index contributed by atoms with van der Waals surface area (Å²) in [6.45, 7) is 4.92. The number of aromatic nitrogens is 3. The van der Waals surface area contributed by atoms with E-state index in [2.05, 4.69) is 53.2 Å². The highest BCUT2D eigenvalue weighted by atomic mass is 16.5. The van der Waals surface area contributed by atoms with Gasteiger partial charge in [0.05, 0.1) is 0 Å². The normalized spacial score (nSPS) is 11.0. The summed E-state index contributed by atoms with van der Waals surface area (Å²) in [5.74, 6) is 1.53. The molecule has 0 spiro atoms. The van der Waals surface area contributed by atoms with Crippen LogP contribution in [-0.2, 0) is 17.8 Å². The second kappa shape index (κ2) is 8.58. The number of carbonyl (C=O) groups is 1. The summed E-state index contributed by atoms with van der Waals surface area (Å²) in [7, 11) is 1.81. The van der Waals surface area contributed by atoms with E-state index in [4.69, 9.17) is 4.52 Å². The van der Waals surface area contributed by atoms with Gasteiger partial charge in [-0.2, -0.15) is 4.98 Å². The minimum Gasteiger partial charge on any atom is -0.341 e. The van der Waals surface area contributed by atoms with Crippen molar-refractivity contribution in [3.05, 3.63) is 65.8 Å². The molecule has 0 unspecified atom stereocenters. The van der Waals surface area contributed by atoms with Gasteiger partial charge in [-0.15, -0.1) is 0 Å². The Morgan fingerprint density at radius 2 is 1.81 bits per heavy atom. The number of benzene rings is 1. The minimum atomic E-state index is 0.0478. The smallest absolute Gasteiger partial charge is 0.227 e. The van der Waals surface area contributed by atoms with Gasteiger partial charge in [0.25, 0.3) is 0 Å². The van der Waals surface area contributed by atoms with Gasteiger partial charge < -0.3 is 9.42 Å². The summed E-state index contributed by atoms with van der Waals surface area (Å²) in [6.07, 6.45) is 4.11. The fourth-order valence-electron chi connectivity index (χ4n) is 2.75. The molecule has 2 heterocycles. The SMILES string of the molecule is CC(C)c1ccc(CN(C)C(=O)CCc2nc(-c3ccncc3)no2)cc1. The molecule has 2 aromatic heterocycles. The van der Waals surface area contributed by atoms with Crippen LogP contribution in [0.3, 0.4) is 0 Å². The van der Waals surface area contributed by atoms with E-state index in [0.29, 0.717) is 37.0 Å². The fourth-order valence-corrected chi connectivity index (χ4v) is 2.75. The van der Waals surface area contributed by atoms with Gasteiger partial charge in [-0.25, -0.2) is 0 Å². The van der Waals surface area contributed by atoms with Gasteiger partial charge in [-0.05, 0) is 29.2 Å². The van der Waals surface area contributed by atoms with Gasteiger partial charge in [0.2, 0.25) is 17.6 Å². The van der Waals surface area contributed by atoms with Crippen molar-refractivity contribution in [3.8, 4) is 11.4 Å². The van der Waals surface area contributed by atoms with Crippen molar-refractivity contribution in [1.29, 1.82) is 0 Å². The van der Waals surface area contributed by atoms with Crippen LogP contribution in [0.1, 0.15) is 43.2 Å². The highest BCUT2D eigenvalue weighted by Gasteiger charge is 2.14. The quantitative estimate of drug-likeness (QED) is 0.637. The van der Waals surface area contributed by atoms with Crippen molar-refractivity contribution in [2.75, 3.05) is 7.05 Å². The van der Waals surface area contributed by atoms with Crippen LogP contribution in [0.4, 0.5) is 0 Å². The van der Waals surface area contributed by atoms with Crippen molar-refractivity contribution in [3.63, 3.8) is 0 Å². The summed E-state index contributed by atoms with van der Waals surface area (Å²) in [5, 5.41) is 3.96. The van der Waals surface area contributed by atoms with Crippen LogP contribution < -0.4 is 0 Å². The average Bonchev–Trinajstić information content (AvgIpc) is 3.16. The maximum absolute atomic E-state index is 12.4. The Labute approximate surface area is 159 Å². The molecule has 1 amide bonds. The number of aryl methyl sites for hydroxylation is 1. The molecule has 1 aromatic carbocycles. The molecule has 0 aliphatic heterocycles. The molecule has 0 N–H and O–H groups in total. The number of pyridine rings is 1. The lowest BCUT2D eigenvalue weighted by molar-refractivity contribution is -0.130. The van der Waals surface area contributed by atoms with Crippen molar-refractivity contribution < 1.29 is 9.32 Å². The number of rotatable bonds is 7. The lowest BCUT2D eigenvalue weighted by Crippen LogP contribution is -2.26. The predicted molar refractivity (Wildman–Crippen MR) is 103 cm³/mol. The van der Waals surface area contributed by atoms with E-state index in [-0.39, 0.29) is 5.91 Å². The van der Waals surface area contributed by atoms with Crippen LogP contribution in [0.25, 0.3) is 11.4 Å². The molecular formula is C21H24N4O2. The number of hydrogen-bond donors (Lipinski definition) is 0. The standard InChI is InChI=1S/C21H24N4O2/c1-15(2)17-6-4-16(5-7-17)14-25(3)20(26)9-8-19-23-21(24-27-19)18-10-12-22-13-11-18/h4-7,10-13,15H,8-9,14H2,1-3H3. The number of nitrogens with zero attached hydrogens (tertiary/aromatic N) is 4. The molecule has 0 atom stereocenters. The molecule has 0 aliphatic rings. The van der Waals surface area contributed by atoms with Gasteiger partial charge in [0, 0.05) is 44.4 Å². The molecule has 3 rings (SSSR count). The van der Waals surface area contributed by atoms with Crippen molar-refractivity contribution >= 4 is 5.91 Å². The number of amides is 1. The molecule has 6 nitrogen and oxygen atoms in total. The van der Waals surface area contributed by atoms with E-state index >= 15 is 0 Å². The monoisotopic (exact) mass is 364 g/mol. The third-order valence-electron chi connectivity index (χ3n) is 4.45. The molecule has 140 valence electrons. The van der Waals surface area contributed by atoms with Crippen LogP contribution in [0, 0.1) is 0 Å². The van der Waals surface area contributed by atoms with Gasteiger partial charge >= 0.3 is 0 Å². The summed E-state index contributed by atoms with van der Waals surface area (Å²) in [6, 6.07) is 12.0. The van der Waals surface area contributed by atoms with E-state index in [1.54, 1.807) is 17.3 Å². The lowest BCUT2D eigenvalue weighted by atomic mass is 10.0. The third-order valence-corrected chi connectivity index (χ3v) is 4.45. The van der Waals surface area contributed by atoms with E-state index in [1.165, 1.54) is 5.56 Å². The predicted octanol–water partition coefficient (Wildman–Crippen LogP) is 3.85. The van der Waals surface area contributed by atoms with Crippen molar-refractivity contribution in [1.82, 2.24) is 20.0 Å². The van der Waals surface area contributed by atoms with Crippen LogP contribution in [0.2, 0.25) is 0 Å². The van der Waals surface area contributed by atoms with Crippen LogP contribution in [-0.4, -0.2) is 33.0 Å². The molecule has 0 radical (unpaired) electrons. The maximum Gasteiger partial charge on any atom is 0.227 e. The largest absolute Gasteiger partial charge is 0.341 e. The summed E-state index contributed by atoms with van der Waals surface area (Å²) < 4.78 is 5.25. The first-order valence-electron chi connectivity index (χ1n) is 9.08. The minimum absolute atomic E-state index is 0.0478. The second-order valence-corrected chi connectivity index (χ2v) is 6.89. The molecule has 27 heavy (non-hydrogen) atoms. The molecule has 6 heteroatoms. The van der Waals surface area contributed by atoms with Crippen LogP contribution in [0.15, 0.2) is 53.3 Å². The summed E-state index contributed by atoms with van der Waals surface area (Å²) >= 11 is 0. The van der Waals surface area contributed by atoms with Crippen LogP contribution >= 0.6 is 0 Å². The molecular weight excluding hydrogens is 340 g/mol. The van der Waals surface area contributed by atoms with Gasteiger partial charge in [0.1, 0.15) is 0 Å². The Balaban J connectivity index is 1.52. The summed E-state index contributed by atoms with van der Waals surface area (Å²) in [4.78, 5) is 22.4. The van der Waals surface area contributed by atoms with Gasteiger partial charge in [0.15, 0.2) is 0 Å². The van der Waals surface area contributed by atoms with Gasteiger partial charge in [-0.1, -0.05) is 43.3 Å². The Kier molecular flexibility index (Phi) is 5.96. The molecule has 3 aromatic rings. The molecule has 0 fully saturated rings. The molecule has 0 bridgehead atoms. The zero-order valence-electron chi connectivity index (χ0n) is 15.9. The van der Waals surface area contributed by atoms with E-state index in [9.17, 15) is 4.79 Å². The first kappa shape index (κ1) is 18.8. The molecule has 0 aliphatic carbocycles. The van der Waals surface area contributed by atoms with E-state index < -0.39 is 0 Å². The van der Waals surface area contributed by atoms with E-state index in [0.717, 1.165) is 11.1 Å². The van der Waals surface area contributed by atoms with E-state index in [1.807, 2.05) is 19.2 Å². The summed E-state index contributed by atoms with van der Waals surface area (Å²) in [5.41, 5.74) is 3.26. The topological polar surface area (TPSA) is 72.1 Å². The number of hydrogen-bond acceptors (Lipinski definition) is 5. The Bertz CT molecular complexity index is 873. The Morgan fingerprint density at radius 1 is 1.11 bits per heavy atom. The molecule has 0 saturated carbocycles. The first-order valence-corrected chi connectivity index (χ1v) is 9.08. The average molecular weight is 364 g/mol. The highest BCUT2D eigenvalue weighted by molar-refractivity contribution is 5.76. The first-order chi connectivity index (χ1) is 13.0. The zero-order chi connectivity index (χ0) is 19.2. The lowest BCUT2D eigenvalue weighted by Gasteiger charge is -2.17. The van der Waals surface area contributed by atoms with Crippen molar-refractivity contribution in [2.45, 2.75) is 39.2 Å². The molecule has 0 saturated heterocycles. The second-order valence-electron chi connectivity index (χ2n) is 6.89. The van der Waals surface area contributed by atoms with Crippen LogP contribution in [0.5, 0.6) is 0 Å².